The van der Waals surface area contributed by atoms with Crippen molar-refractivity contribution in [3.8, 4) is 0 Å². The summed E-state index contributed by atoms with van der Waals surface area (Å²) in [6.45, 7) is 6.17. The van der Waals surface area contributed by atoms with Crippen LogP contribution in [0.15, 0.2) is 24.3 Å². The van der Waals surface area contributed by atoms with E-state index in [2.05, 4.69) is 57.1 Å². The van der Waals surface area contributed by atoms with Crippen molar-refractivity contribution in [2.75, 3.05) is 32.7 Å². The third-order valence-corrected chi connectivity index (χ3v) is 4.50. The summed E-state index contributed by atoms with van der Waals surface area (Å²) in [6.07, 6.45) is 6.67. The molecule has 0 spiro atoms. The van der Waals surface area contributed by atoms with Crippen LogP contribution in [0.2, 0.25) is 0 Å². The molecule has 1 aromatic rings. The lowest BCUT2D eigenvalue weighted by Crippen LogP contribution is -2.32. The Balaban J connectivity index is 1.49. The molecule has 0 aliphatic carbocycles. The van der Waals surface area contributed by atoms with Crippen molar-refractivity contribution < 1.29 is 0 Å². The van der Waals surface area contributed by atoms with Crippen molar-refractivity contribution in [1.82, 2.24) is 10.2 Å². The van der Waals surface area contributed by atoms with Crippen molar-refractivity contribution in [2.45, 2.75) is 32.1 Å². The van der Waals surface area contributed by atoms with Gasteiger partial charge >= 0.3 is 0 Å². The summed E-state index contributed by atoms with van der Waals surface area (Å²) in [5.41, 5.74) is 1.43. The van der Waals surface area contributed by atoms with E-state index in [9.17, 15) is 0 Å². The molecule has 0 saturated carbocycles. The molecular weight excluding hydrogens is 347 g/mol. The number of rotatable bonds is 7. The average molecular weight is 372 g/mol. The molecule has 1 heterocycles. The van der Waals surface area contributed by atoms with E-state index in [-0.39, 0.29) is 0 Å². The van der Waals surface area contributed by atoms with E-state index >= 15 is 0 Å². The summed E-state index contributed by atoms with van der Waals surface area (Å²) in [7, 11) is 0. The molecule has 0 bridgehead atoms. The van der Waals surface area contributed by atoms with Crippen molar-refractivity contribution in [3.63, 3.8) is 0 Å². The molecule has 1 fully saturated rings. The van der Waals surface area contributed by atoms with Crippen molar-refractivity contribution in [1.29, 1.82) is 0 Å². The highest BCUT2D eigenvalue weighted by Crippen LogP contribution is 2.08. The van der Waals surface area contributed by atoms with E-state index in [0.717, 1.165) is 19.5 Å². The second kappa shape index (κ2) is 8.93. The van der Waals surface area contributed by atoms with Crippen LogP contribution in [0.4, 0.5) is 0 Å². The molecule has 1 N–H and O–H groups in total. The van der Waals surface area contributed by atoms with Gasteiger partial charge in [0.25, 0.3) is 0 Å². The zero-order valence-electron chi connectivity index (χ0n) is 11.7. The van der Waals surface area contributed by atoms with E-state index in [1.165, 1.54) is 54.5 Å². The quantitative estimate of drug-likeness (QED) is 0.584. The molecule has 2 rings (SSSR count). The Morgan fingerprint density at radius 1 is 1.00 bits per heavy atom. The van der Waals surface area contributed by atoms with Gasteiger partial charge in [-0.1, -0.05) is 18.6 Å². The third-order valence-electron chi connectivity index (χ3n) is 3.78. The minimum absolute atomic E-state index is 1.10. The van der Waals surface area contributed by atoms with Crippen LogP contribution in [0.1, 0.15) is 31.2 Å². The van der Waals surface area contributed by atoms with Gasteiger partial charge in [0.15, 0.2) is 0 Å². The molecule has 0 atom stereocenters. The number of nitrogens with one attached hydrogen (secondary N) is 1. The predicted octanol–water partition coefficient (Wildman–Crippen LogP) is 3.30. The third kappa shape index (κ3) is 6.23. The number of benzene rings is 1. The molecule has 19 heavy (non-hydrogen) atoms. The molecule has 106 valence electrons. The number of piperidine rings is 1. The van der Waals surface area contributed by atoms with Crippen molar-refractivity contribution in [2.24, 2.45) is 0 Å². The Kier molecular flexibility index (Phi) is 7.17. The number of hydrogen-bond acceptors (Lipinski definition) is 2. The normalized spacial score (nSPS) is 16.7. The van der Waals surface area contributed by atoms with Crippen LogP contribution >= 0.6 is 22.6 Å². The number of halogens is 1. The summed E-state index contributed by atoms with van der Waals surface area (Å²) >= 11 is 2.35. The molecule has 0 unspecified atom stereocenters. The molecule has 0 aromatic heterocycles. The predicted molar refractivity (Wildman–Crippen MR) is 90.6 cm³/mol. The lowest BCUT2D eigenvalue weighted by atomic mass is 10.1. The summed E-state index contributed by atoms with van der Waals surface area (Å²) in [5.74, 6) is 0. The largest absolute Gasteiger partial charge is 0.316 e. The SMILES string of the molecule is Ic1ccc(CCNCCCN2CCCCC2)cc1. The van der Waals surface area contributed by atoms with Gasteiger partial charge in [-0.25, -0.2) is 0 Å². The maximum absolute atomic E-state index is 3.56. The Morgan fingerprint density at radius 2 is 1.74 bits per heavy atom. The molecule has 1 aromatic carbocycles. The molecule has 0 amide bonds. The second-order valence-corrected chi connectivity index (χ2v) is 6.63. The highest BCUT2D eigenvalue weighted by molar-refractivity contribution is 14.1. The first-order valence-electron chi connectivity index (χ1n) is 7.52. The van der Waals surface area contributed by atoms with Crippen LogP contribution in [0.5, 0.6) is 0 Å². The van der Waals surface area contributed by atoms with Gasteiger partial charge in [0, 0.05) is 3.57 Å². The van der Waals surface area contributed by atoms with E-state index in [0.29, 0.717) is 0 Å². The van der Waals surface area contributed by atoms with E-state index < -0.39 is 0 Å². The van der Waals surface area contributed by atoms with Gasteiger partial charge in [-0.3, -0.25) is 0 Å². The molecule has 1 saturated heterocycles. The van der Waals surface area contributed by atoms with E-state index in [4.69, 9.17) is 0 Å². The number of hydrogen-bond donors (Lipinski definition) is 1. The Labute approximate surface area is 131 Å². The van der Waals surface area contributed by atoms with Gasteiger partial charge in [-0.05, 0) is 98.7 Å². The first-order valence-corrected chi connectivity index (χ1v) is 8.60. The lowest BCUT2D eigenvalue weighted by Gasteiger charge is -2.26. The van der Waals surface area contributed by atoms with Gasteiger partial charge in [0.2, 0.25) is 0 Å². The summed E-state index contributed by atoms with van der Waals surface area (Å²) in [5, 5.41) is 3.56. The van der Waals surface area contributed by atoms with Crippen LogP contribution < -0.4 is 5.32 Å². The lowest BCUT2D eigenvalue weighted by molar-refractivity contribution is 0.226. The van der Waals surface area contributed by atoms with Crippen LogP contribution in [0.25, 0.3) is 0 Å². The Hall–Kier alpha value is -0.130. The fourth-order valence-corrected chi connectivity index (χ4v) is 2.98. The summed E-state index contributed by atoms with van der Waals surface area (Å²) < 4.78 is 1.32. The molecule has 0 radical (unpaired) electrons. The van der Waals surface area contributed by atoms with Gasteiger partial charge in [-0.15, -0.1) is 0 Å². The van der Waals surface area contributed by atoms with Crippen LogP contribution in [0.3, 0.4) is 0 Å². The fraction of sp³-hybridized carbons (Fsp3) is 0.625. The van der Waals surface area contributed by atoms with Gasteiger partial charge in [-0.2, -0.15) is 0 Å². The summed E-state index contributed by atoms with van der Waals surface area (Å²) in [4.78, 5) is 2.62. The van der Waals surface area contributed by atoms with E-state index in [1.807, 2.05) is 0 Å². The van der Waals surface area contributed by atoms with E-state index in [1.54, 1.807) is 0 Å². The first-order chi connectivity index (χ1) is 9.34. The fourth-order valence-electron chi connectivity index (χ4n) is 2.62. The highest BCUT2D eigenvalue weighted by Gasteiger charge is 2.08. The molecule has 2 nitrogen and oxygen atoms in total. The minimum Gasteiger partial charge on any atom is -0.316 e. The molecule has 3 heteroatoms. The monoisotopic (exact) mass is 372 g/mol. The van der Waals surface area contributed by atoms with Gasteiger partial charge in [0.1, 0.15) is 0 Å². The Morgan fingerprint density at radius 3 is 2.47 bits per heavy atom. The molecule has 1 aliphatic heterocycles. The maximum Gasteiger partial charge on any atom is 0.0130 e. The molecular formula is C16H25IN2. The first kappa shape index (κ1) is 15.3. The van der Waals surface area contributed by atoms with Crippen LogP contribution in [-0.2, 0) is 6.42 Å². The van der Waals surface area contributed by atoms with Crippen LogP contribution in [0, 0.1) is 3.57 Å². The number of nitrogens with zero attached hydrogens (tertiary/aromatic N) is 1. The van der Waals surface area contributed by atoms with Crippen molar-refractivity contribution in [3.05, 3.63) is 33.4 Å². The average Bonchev–Trinajstić information content (AvgIpc) is 2.46. The highest BCUT2D eigenvalue weighted by atomic mass is 127. The maximum atomic E-state index is 3.56. The number of likely N-dealkylation sites (tertiary alicyclic amines) is 1. The zero-order valence-corrected chi connectivity index (χ0v) is 13.9. The van der Waals surface area contributed by atoms with Crippen LogP contribution in [-0.4, -0.2) is 37.6 Å². The Bertz CT molecular complexity index is 344. The zero-order chi connectivity index (χ0) is 13.3. The summed E-state index contributed by atoms with van der Waals surface area (Å²) in [6, 6.07) is 8.84. The minimum atomic E-state index is 1.10. The molecule has 1 aliphatic rings. The smallest absolute Gasteiger partial charge is 0.0130 e. The van der Waals surface area contributed by atoms with Gasteiger partial charge in [0.05, 0.1) is 0 Å². The topological polar surface area (TPSA) is 15.3 Å². The standard InChI is InChI=1S/C16H25IN2/c17-16-7-5-15(6-8-16)9-11-18-10-4-14-19-12-2-1-3-13-19/h5-8,18H,1-4,9-14H2. The second-order valence-electron chi connectivity index (χ2n) is 5.38. The van der Waals surface area contributed by atoms with Crippen molar-refractivity contribution >= 4 is 22.6 Å². The van der Waals surface area contributed by atoms with Gasteiger partial charge < -0.3 is 10.2 Å².